The first-order valence-electron chi connectivity index (χ1n) is 6.73. The summed E-state index contributed by atoms with van der Waals surface area (Å²) < 4.78 is 5.82. The lowest BCUT2D eigenvalue weighted by atomic mass is 9.90. The van der Waals surface area contributed by atoms with Crippen molar-refractivity contribution in [3.63, 3.8) is 0 Å². The Hall–Kier alpha value is -2.63. The number of aromatic nitrogens is 2. The van der Waals surface area contributed by atoms with Gasteiger partial charge in [0, 0.05) is 36.0 Å². The zero-order valence-electron chi connectivity index (χ0n) is 11.3. The van der Waals surface area contributed by atoms with Crippen LogP contribution in [0, 0.1) is 0 Å². The standard InChI is InChI=1S/C15H15N3O3/c19-15(20)18-8-10-4-5-21-14-12(10)2-1-3-13(14)11-6-16-9-17-7-11/h1-3,6-7,9-10,18H,4-5,8H2,(H,19,20)/t10-/m0/s1. The number of nitrogens with zero attached hydrogens (tertiary/aromatic N) is 2. The Morgan fingerprint density at radius 3 is 2.95 bits per heavy atom. The predicted molar refractivity (Wildman–Crippen MR) is 76.3 cm³/mol. The average molecular weight is 285 g/mol. The van der Waals surface area contributed by atoms with Gasteiger partial charge in [-0.3, -0.25) is 0 Å². The number of fused-ring (bicyclic) bond motifs is 1. The van der Waals surface area contributed by atoms with Gasteiger partial charge in [-0.25, -0.2) is 14.8 Å². The van der Waals surface area contributed by atoms with Gasteiger partial charge in [-0.1, -0.05) is 18.2 Å². The van der Waals surface area contributed by atoms with Gasteiger partial charge >= 0.3 is 6.09 Å². The highest BCUT2D eigenvalue weighted by molar-refractivity contribution is 5.72. The van der Waals surface area contributed by atoms with Crippen LogP contribution in [0.2, 0.25) is 0 Å². The Kier molecular flexibility index (Phi) is 3.68. The van der Waals surface area contributed by atoms with Crippen LogP contribution in [0.25, 0.3) is 11.1 Å². The molecule has 21 heavy (non-hydrogen) atoms. The molecule has 0 saturated heterocycles. The molecule has 6 heteroatoms. The molecule has 3 rings (SSSR count). The average Bonchev–Trinajstić information content (AvgIpc) is 2.53. The monoisotopic (exact) mass is 285 g/mol. The maximum absolute atomic E-state index is 10.7. The van der Waals surface area contributed by atoms with E-state index in [4.69, 9.17) is 9.84 Å². The van der Waals surface area contributed by atoms with Crippen LogP contribution in [0.3, 0.4) is 0 Å². The highest BCUT2D eigenvalue weighted by Crippen LogP contribution is 2.40. The molecular weight excluding hydrogens is 270 g/mol. The van der Waals surface area contributed by atoms with E-state index in [1.165, 1.54) is 6.33 Å². The number of hydrogen-bond donors (Lipinski definition) is 2. The van der Waals surface area contributed by atoms with Crippen molar-refractivity contribution in [1.29, 1.82) is 0 Å². The lowest BCUT2D eigenvalue weighted by molar-refractivity contribution is 0.191. The van der Waals surface area contributed by atoms with Crippen LogP contribution in [-0.4, -0.2) is 34.3 Å². The molecule has 1 amide bonds. The number of ether oxygens (including phenoxy) is 1. The summed E-state index contributed by atoms with van der Waals surface area (Å²) in [6.07, 6.45) is 4.76. The van der Waals surface area contributed by atoms with Crippen LogP contribution in [0.1, 0.15) is 17.9 Å². The van der Waals surface area contributed by atoms with Gasteiger partial charge in [-0.05, 0) is 12.0 Å². The second kappa shape index (κ2) is 5.78. The van der Waals surface area contributed by atoms with E-state index >= 15 is 0 Å². The van der Waals surface area contributed by atoms with E-state index in [2.05, 4.69) is 15.3 Å². The molecule has 1 aromatic heterocycles. The van der Waals surface area contributed by atoms with Gasteiger partial charge in [0.2, 0.25) is 0 Å². The van der Waals surface area contributed by atoms with E-state index in [0.29, 0.717) is 13.2 Å². The Morgan fingerprint density at radius 2 is 2.19 bits per heavy atom. The third-order valence-corrected chi connectivity index (χ3v) is 3.57. The van der Waals surface area contributed by atoms with E-state index in [-0.39, 0.29) is 5.92 Å². The Bertz CT molecular complexity index is 646. The third-order valence-electron chi connectivity index (χ3n) is 3.57. The van der Waals surface area contributed by atoms with E-state index in [9.17, 15) is 4.79 Å². The molecule has 0 saturated carbocycles. The Labute approximate surface area is 121 Å². The van der Waals surface area contributed by atoms with Crippen molar-refractivity contribution in [2.75, 3.05) is 13.2 Å². The maximum Gasteiger partial charge on any atom is 0.404 e. The topological polar surface area (TPSA) is 84.3 Å². The molecule has 2 heterocycles. The Balaban J connectivity index is 1.96. The summed E-state index contributed by atoms with van der Waals surface area (Å²) in [5, 5.41) is 11.2. The Morgan fingerprint density at radius 1 is 1.38 bits per heavy atom. The van der Waals surface area contributed by atoms with E-state index in [0.717, 1.165) is 28.9 Å². The number of amides is 1. The van der Waals surface area contributed by atoms with Crippen molar-refractivity contribution < 1.29 is 14.6 Å². The van der Waals surface area contributed by atoms with Gasteiger partial charge in [0.1, 0.15) is 12.1 Å². The SMILES string of the molecule is O=C(O)NC[C@@H]1CCOc2c(-c3cncnc3)cccc21. The molecule has 6 nitrogen and oxygen atoms in total. The summed E-state index contributed by atoms with van der Waals surface area (Å²) in [5.74, 6) is 0.921. The summed E-state index contributed by atoms with van der Waals surface area (Å²) in [7, 11) is 0. The molecule has 2 N–H and O–H groups in total. The molecule has 2 aromatic rings. The van der Waals surface area contributed by atoms with Crippen LogP contribution in [0.15, 0.2) is 36.9 Å². The molecule has 0 aliphatic carbocycles. The molecule has 0 unspecified atom stereocenters. The smallest absolute Gasteiger partial charge is 0.404 e. The highest BCUT2D eigenvalue weighted by atomic mass is 16.5. The zero-order chi connectivity index (χ0) is 14.7. The lowest BCUT2D eigenvalue weighted by Gasteiger charge is -2.27. The molecule has 1 aliphatic heterocycles. The van der Waals surface area contributed by atoms with Crippen molar-refractivity contribution >= 4 is 6.09 Å². The van der Waals surface area contributed by atoms with Gasteiger partial charge in [0.15, 0.2) is 0 Å². The summed E-state index contributed by atoms with van der Waals surface area (Å²) in [4.78, 5) is 18.7. The first-order valence-corrected chi connectivity index (χ1v) is 6.73. The number of para-hydroxylation sites is 1. The molecule has 0 radical (unpaired) electrons. The largest absolute Gasteiger partial charge is 0.493 e. The van der Waals surface area contributed by atoms with Crippen molar-refractivity contribution in [2.45, 2.75) is 12.3 Å². The van der Waals surface area contributed by atoms with Gasteiger partial charge < -0.3 is 15.2 Å². The van der Waals surface area contributed by atoms with E-state index in [1.54, 1.807) is 12.4 Å². The first kappa shape index (κ1) is 13.4. The van der Waals surface area contributed by atoms with Crippen molar-refractivity contribution in [1.82, 2.24) is 15.3 Å². The molecule has 0 bridgehead atoms. The summed E-state index contributed by atoms with van der Waals surface area (Å²) in [6.45, 7) is 0.962. The second-order valence-corrected chi connectivity index (χ2v) is 4.87. The number of carbonyl (C=O) groups is 1. The minimum absolute atomic E-state index is 0.120. The van der Waals surface area contributed by atoms with Crippen LogP contribution >= 0.6 is 0 Å². The van der Waals surface area contributed by atoms with Crippen molar-refractivity contribution in [3.8, 4) is 16.9 Å². The van der Waals surface area contributed by atoms with Gasteiger partial charge in [-0.2, -0.15) is 0 Å². The number of hydrogen-bond acceptors (Lipinski definition) is 4. The van der Waals surface area contributed by atoms with Crippen LogP contribution < -0.4 is 10.1 Å². The number of carboxylic acid groups (broad SMARTS) is 1. The quantitative estimate of drug-likeness (QED) is 0.903. The molecule has 1 aliphatic rings. The van der Waals surface area contributed by atoms with Gasteiger partial charge in [0.25, 0.3) is 0 Å². The van der Waals surface area contributed by atoms with E-state index in [1.807, 2.05) is 18.2 Å². The minimum Gasteiger partial charge on any atom is -0.493 e. The summed E-state index contributed by atoms with van der Waals surface area (Å²) in [5.41, 5.74) is 2.85. The lowest BCUT2D eigenvalue weighted by Crippen LogP contribution is -2.29. The molecule has 0 spiro atoms. The summed E-state index contributed by atoms with van der Waals surface area (Å²) in [6, 6.07) is 5.89. The molecule has 0 fully saturated rings. The second-order valence-electron chi connectivity index (χ2n) is 4.87. The fourth-order valence-corrected chi connectivity index (χ4v) is 2.58. The molecule has 1 aromatic carbocycles. The number of benzene rings is 1. The number of rotatable bonds is 3. The van der Waals surface area contributed by atoms with Crippen molar-refractivity contribution in [3.05, 3.63) is 42.5 Å². The van der Waals surface area contributed by atoms with Crippen LogP contribution in [-0.2, 0) is 0 Å². The van der Waals surface area contributed by atoms with Gasteiger partial charge in [0.05, 0.1) is 6.61 Å². The van der Waals surface area contributed by atoms with Crippen molar-refractivity contribution in [2.24, 2.45) is 0 Å². The third kappa shape index (κ3) is 2.79. The van der Waals surface area contributed by atoms with Crippen LogP contribution in [0.4, 0.5) is 4.79 Å². The molecule has 1 atom stereocenters. The summed E-state index contributed by atoms with van der Waals surface area (Å²) >= 11 is 0. The predicted octanol–water partition coefficient (Wildman–Crippen LogP) is 2.28. The fourth-order valence-electron chi connectivity index (χ4n) is 2.58. The van der Waals surface area contributed by atoms with Gasteiger partial charge in [-0.15, -0.1) is 0 Å². The minimum atomic E-state index is -1.00. The van der Waals surface area contributed by atoms with E-state index < -0.39 is 6.09 Å². The fraction of sp³-hybridized carbons (Fsp3) is 0.267. The van der Waals surface area contributed by atoms with Crippen LogP contribution in [0.5, 0.6) is 5.75 Å². The highest BCUT2D eigenvalue weighted by Gasteiger charge is 2.24. The molecule has 108 valence electrons. The first-order chi connectivity index (χ1) is 10.3. The molecular formula is C15H15N3O3. The maximum atomic E-state index is 10.7. The number of nitrogens with one attached hydrogen (secondary N) is 1. The zero-order valence-corrected chi connectivity index (χ0v) is 11.3. The normalized spacial score (nSPS) is 16.7.